The maximum Gasteiger partial charge on any atom is 0.0185 e. The van der Waals surface area contributed by atoms with Gasteiger partial charge in [-0.05, 0) is 36.1 Å². The molecule has 0 aliphatic carbocycles. The summed E-state index contributed by atoms with van der Waals surface area (Å²) in [5, 5.41) is 2.20. The van der Waals surface area contributed by atoms with Crippen LogP contribution in [-0.4, -0.2) is 4.75 Å². The van der Waals surface area contributed by atoms with Crippen molar-refractivity contribution in [3.63, 3.8) is 0 Å². The minimum absolute atomic E-state index is 0.217. The van der Waals surface area contributed by atoms with Crippen LogP contribution < -0.4 is 0 Å². The van der Waals surface area contributed by atoms with E-state index in [0.717, 1.165) is 6.42 Å². The van der Waals surface area contributed by atoms with E-state index >= 15 is 0 Å². The van der Waals surface area contributed by atoms with Gasteiger partial charge < -0.3 is 0 Å². The molecule has 0 heterocycles. The Kier molecular flexibility index (Phi) is 5.81. The Morgan fingerprint density at radius 1 is 0.850 bits per heavy atom. The van der Waals surface area contributed by atoms with Crippen molar-refractivity contribution in [2.45, 2.75) is 34.8 Å². The highest BCUT2D eigenvalue weighted by Gasteiger charge is 2.17. The number of hydrogen-bond donors (Lipinski definition) is 0. The SMILES string of the molecule is CC(C)(C/C=C/Sc1ccccc1)Sc1ccccc1. The van der Waals surface area contributed by atoms with Crippen molar-refractivity contribution < 1.29 is 0 Å². The third-order valence-electron chi connectivity index (χ3n) is 2.79. The van der Waals surface area contributed by atoms with E-state index in [0.29, 0.717) is 0 Å². The Balaban J connectivity index is 1.83. The summed E-state index contributed by atoms with van der Waals surface area (Å²) in [4.78, 5) is 2.62. The first kappa shape index (κ1) is 15.3. The van der Waals surface area contributed by atoms with Gasteiger partial charge in [0.15, 0.2) is 0 Å². The average molecular weight is 300 g/mol. The second-order valence-corrected chi connectivity index (χ2v) is 7.94. The second kappa shape index (κ2) is 7.61. The molecule has 20 heavy (non-hydrogen) atoms. The van der Waals surface area contributed by atoms with Crippen LogP contribution in [0.1, 0.15) is 20.3 Å². The van der Waals surface area contributed by atoms with Crippen molar-refractivity contribution in [3.05, 3.63) is 72.1 Å². The van der Waals surface area contributed by atoms with Gasteiger partial charge in [0, 0.05) is 14.5 Å². The first-order chi connectivity index (χ1) is 9.66. The molecule has 2 aromatic carbocycles. The molecule has 104 valence electrons. The van der Waals surface area contributed by atoms with E-state index in [1.165, 1.54) is 9.79 Å². The molecule has 0 aliphatic rings. The first-order valence-corrected chi connectivity index (χ1v) is 8.46. The van der Waals surface area contributed by atoms with Crippen LogP contribution in [0.3, 0.4) is 0 Å². The summed E-state index contributed by atoms with van der Waals surface area (Å²) < 4.78 is 0.217. The quantitative estimate of drug-likeness (QED) is 0.578. The van der Waals surface area contributed by atoms with E-state index in [1.54, 1.807) is 11.8 Å². The molecule has 0 atom stereocenters. The van der Waals surface area contributed by atoms with Gasteiger partial charge in [-0.25, -0.2) is 0 Å². The Labute approximate surface area is 130 Å². The third kappa shape index (κ3) is 5.48. The molecule has 0 N–H and O–H groups in total. The lowest BCUT2D eigenvalue weighted by Crippen LogP contribution is -2.12. The van der Waals surface area contributed by atoms with Crippen LogP contribution in [0.15, 0.2) is 81.9 Å². The Bertz CT molecular complexity index is 530. The van der Waals surface area contributed by atoms with Crippen LogP contribution in [0.2, 0.25) is 0 Å². The minimum Gasteiger partial charge on any atom is -0.120 e. The predicted octanol–water partition coefficient (Wildman–Crippen LogP) is 6.25. The van der Waals surface area contributed by atoms with Gasteiger partial charge in [0.05, 0.1) is 0 Å². The zero-order valence-electron chi connectivity index (χ0n) is 12.0. The summed E-state index contributed by atoms with van der Waals surface area (Å²) in [6.07, 6.45) is 3.33. The molecule has 0 saturated carbocycles. The normalized spacial score (nSPS) is 11.9. The molecule has 0 nitrogen and oxygen atoms in total. The van der Waals surface area contributed by atoms with Gasteiger partial charge in [0.25, 0.3) is 0 Å². The van der Waals surface area contributed by atoms with E-state index in [1.807, 2.05) is 17.8 Å². The van der Waals surface area contributed by atoms with Crippen molar-refractivity contribution >= 4 is 23.5 Å². The van der Waals surface area contributed by atoms with Crippen molar-refractivity contribution in [1.82, 2.24) is 0 Å². The van der Waals surface area contributed by atoms with Crippen molar-refractivity contribution in [2.75, 3.05) is 0 Å². The predicted molar refractivity (Wildman–Crippen MR) is 92.4 cm³/mol. The van der Waals surface area contributed by atoms with E-state index in [2.05, 4.69) is 79.9 Å². The maximum atomic E-state index is 2.29. The zero-order valence-corrected chi connectivity index (χ0v) is 13.6. The summed E-state index contributed by atoms with van der Waals surface area (Å²) in [7, 11) is 0. The summed E-state index contributed by atoms with van der Waals surface area (Å²) in [6, 6.07) is 21.1. The van der Waals surface area contributed by atoms with Crippen LogP contribution in [-0.2, 0) is 0 Å². The molecule has 0 amide bonds. The number of hydrogen-bond acceptors (Lipinski definition) is 2. The molecule has 0 fully saturated rings. The molecule has 0 aliphatic heterocycles. The molecule has 0 unspecified atom stereocenters. The second-order valence-electron chi connectivity index (χ2n) is 5.18. The van der Waals surface area contributed by atoms with E-state index in [9.17, 15) is 0 Å². The lowest BCUT2D eigenvalue weighted by atomic mass is 10.1. The van der Waals surface area contributed by atoms with Crippen LogP contribution in [0.25, 0.3) is 0 Å². The summed E-state index contributed by atoms with van der Waals surface area (Å²) in [6.45, 7) is 4.59. The van der Waals surface area contributed by atoms with Crippen LogP contribution >= 0.6 is 23.5 Å². The van der Waals surface area contributed by atoms with E-state index < -0.39 is 0 Å². The largest absolute Gasteiger partial charge is 0.120 e. The Morgan fingerprint density at radius 3 is 2.00 bits per heavy atom. The van der Waals surface area contributed by atoms with Crippen molar-refractivity contribution in [3.8, 4) is 0 Å². The monoisotopic (exact) mass is 300 g/mol. The van der Waals surface area contributed by atoms with Crippen molar-refractivity contribution in [1.29, 1.82) is 0 Å². The molecule has 2 aromatic rings. The molecule has 0 radical (unpaired) electrons. The van der Waals surface area contributed by atoms with E-state index in [-0.39, 0.29) is 4.75 Å². The van der Waals surface area contributed by atoms with Crippen molar-refractivity contribution in [2.24, 2.45) is 0 Å². The standard InChI is InChI=1S/C18H20S2/c1-18(2,20-17-12-7-4-8-13-17)14-9-15-19-16-10-5-3-6-11-16/h3-13,15H,14H2,1-2H3/b15-9+. The highest BCUT2D eigenvalue weighted by Crippen LogP contribution is 2.35. The first-order valence-electron chi connectivity index (χ1n) is 6.76. The molecule has 0 bridgehead atoms. The highest BCUT2D eigenvalue weighted by molar-refractivity contribution is 8.02. The molecule has 0 spiro atoms. The summed E-state index contributed by atoms with van der Waals surface area (Å²) in [5.74, 6) is 0. The summed E-state index contributed by atoms with van der Waals surface area (Å²) >= 11 is 3.71. The minimum atomic E-state index is 0.217. The van der Waals surface area contributed by atoms with Crippen LogP contribution in [0.4, 0.5) is 0 Å². The van der Waals surface area contributed by atoms with Gasteiger partial charge in [-0.3, -0.25) is 0 Å². The van der Waals surface area contributed by atoms with Gasteiger partial charge in [-0.2, -0.15) is 0 Å². The Hall–Kier alpha value is -1.12. The molecule has 2 rings (SSSR count). The molecule has 0 aromatic heterocycles. The lowest BCUT2D eigenvalue weighted by Gasteiger charge is -2.22. The maximum absolute atomic E-state index is 2.29. The molecular weight excluding hydrogens is 280 g/mol. The van der Waals surface area contributed by atoms with Gasteiger partial charge in [-0.15, -0.1) is 11.8 Å². The topological polar surface area (TPSA) is 0 Å². The van der Waals surface area contributed by atoms with Crippen LogP contribution in [0.5, 0.6) is 0 Å². The molecule has 0 saturated heterocycles. The fourth-order valence-corrected chi connectivity index (χ4v) is 3.58. The van der Waals surface area contributed by atoms with Gasteiger partial charge in [-0.1, -0.05) is 68.1 Å². The van der Waals surface area contributed by atoms with Gasteiger partial charge >= 0.3 is 0 Å². The third-order valence-corrected chi connectivity index (χ3v) is 4.89. The molecular formula is C18H20S2. The number of allylic oxidation sites excluding steroid dienone is 1. The average Bonchev–Trinajstić information content (AvgIpc) is 2.45. The molecule has 2 heteroatoms. The van der Waals surface area contributed by atoms with Gasteiger partial charge in [0.2, 0.25) is 0 Å². The fourth-order valence-electron chi connectivity index (χ4n) is 1.81. The Morgan fingerprint density at radius 2 is 1.40 bits per heavy atom. The van der Waals surface area contributed by atoms with E-state index in [4.69, 9.17) is 0 Å². The fraction of sp³-hybridized carbons (Fsp3) is 0.222. The number of thioether (sulfide) groups is 2. The lowest BCUT2D eigenvalue weighted by molar-refractivity contribution is 0.726. The zero-order chi connectivity index (χ0) is 14.3. The smallest absolute Gasteiger partial charge is 0.0185 e. The number of rotatable bonds is 6. The van der Waals surface area contributed by atoms with Crippen LogP contribution in [0, 0.1) is 0 Å². The summed E-state index contributed by atoms with van der Waals surface area (Å²) in [5.41, 5.74) is 0. The number of benzene rings is 2. The highest BCUT2D eigenvalue weighted by atomic mass is 32.2. The van der Waals surface area contributed by atoms with Gasteiger partial charge in [0.1, 0.15) is 0 Å².